The molecule has 1 N–H and O–H groups in total. The average molecular weight is 276 g/mol. The van der Waals surface area contributed by atoms with Crippen molar-refractivity contribution in [3.63, 3.8) is 0 Å². The second-order valence-corrected chi connectivity index (χ2v) is 5.03. The van der Waals surface area contributed by atoms with Crippen LogP contribution in [0.25, 0.3) is 0 Å². The number of aliphatic hydroxyl groups is 1. The molecule has 0 aromatic carbocycles. The number of nitrogens with zero attached hydrogens (tertiary/aromatic N) is 2. The number of halogens is 3. The lowest BCUT2D eigenvalue weighted by atomic mass is 10.2. The quantitative estimate of drug-likeness (QED) is 0.895. The van der Waals surface area contributed by atoms with Crippen LogP contribution in [0.15, 0.2) is 18.5 Å². The van der Waals surface area contributed by atoms with Crippen LogP contribution >= 0.6 is 0 Å². The molecule has 2 rings (SSSR count). The van der Waals surface area contributed by atoms with Crippen molar-refractivity contribution in [1.29, 1.82) is 0 Å². The Bertz CT molecular complexity index is 397. The minimum absolute atomic E-state index is 0.0892. The summed E-state index contributed by atoms with van der Waals surface area (Å²) in [6.07, 6.45) is -0.613. The SMILES string of the molecule is OC(c1ccn(CCCN2CCCC2)c1)C(F)(F)F. The smallest absolute Gasteiger partial charge is 0.379 e. The molecule has 19 heavy (non-hydrogen) atoms. The molecule has 0 amide bonds. The summed E-state index contributed by atoms with van der Waals surface area (Å²) < 4.78 is 38.7. The van der Waals surface area contributed by atoms with E-state index in [-0.39, 0.29) is 5.56 Å². The van der Waals surface area contributed by atoms with Gasteiger partial charge in [0.1, 0.15) is 0 Å². The number of hydrogen-bond acceptors (Lipinski definition) is 2. The van der Waals surface area contributed by atoms with Crippen molar-refractivity contribution < 1.29 is 18.3 Å². The van der Waals surface area contributed by atoms with Crippen molar-refractivity contribution in [3.8, 4) is 0 Å². The molecular formula is C13H19F3N2O. The van der Waals surface area contributed by atoms with Crippen LogP contribution in [0.2, 0.25) is 0 Å². The van der Waals surface area contributed by atoms with Crippen molar-refractivity contribution in [1.82, 2.24) is 9.47 Å². The van der Waals surface area contributed by atoms with Crippen molar-refractivity contribution in [2.24, 2.45) is 0 Å². The van der Waals surface area contributed by atoms with E-state index >= 15 is 0 Å². The number of aliphatic hydroxyl groups excluding tert-OH is 1. The number of hydrogen-bond donors (Lipinski definition) is 1. The third kappa shape index (κ3) is 3.98. The second-order valence-electron chi connectivity index (χ2n) is 5.03. The highest BCUT2D eigenvalue weighted by atomic mass is 19.4. The predicted octanol–water partition coefficient (Wildman–Crippen LogP) is 2.57. The Morgan fingerprint density at radius 2 is 1.89 bits per heavy atom. The molecule has 3 nitrogen and oxygen atoms in total. The fraction of sp³-hybridized carbons (Fsp3) is 0.692. The molecule has 1 unspecified atom stereocenters. The molecule has 6 heteroatoms. The fourth-order valence-electron chi connectivity index (χ4n) is 2.43. The summed E-state index contributed by atoms with van der Waals surface area (Å²) in [5.74, 6) is 0. The highest BCUT2D eigenvalue weighted by molar-refractivity contribution is 5.15. The molecule has 0 aliphatic carbocycles. The molecule has 1 aliphatic heterocycles. The maximum absolute atomic E-state index is 12.3. The summed E-state index contributed by atoms with van der Waals surface area (Å²) >= 11 is 0. The van der Waals surface area contributed by atoms with Gasteiger partial charge >= 0.3 is 6.18 Å². The van der Waals surface area contributed by atoms with Gasteiger partial charge < -0.3 is 14.6 Å². The van der Waals surface area contributed by atoms with Gasteiger partial charge in [-0.05, 0) is 45.0 Å². The predicted molar refractivity (Wildman–Crippen MR) is 65.7 cm³/mol. The standard InChI is InChI=1S/C13H19F3N2O/c14-13(15,16)12(19)11-4-9-18(10-11)8-3-7-17-5-1-2-6-17/h4,9-10,12,19H,1-3,5-8H2. The van der Waals surface area contributed by atoms with E-state index in [2.05, 4.69) is 4.90 Å². The number of alkyl halides is 3. The van der Waals surface area contributed by atoms with Crippen LogP contribution < -0.4 is 0 Å². The summed E-state index contributed by atoms with van der Waals surface area (Å²) in [6.45, 7) is 3.92. The second kappa shape index (κ2) is 5.96. The molecule has 2 heterocycles. The molecule has 1 aromatic heterocycles. The Labute approximate surface area is 110 Å². The molecule has 0 spiro atoms. The zero-order valence-corrected chi connectivity index (χ0v) is 10.7. The number of likely N-dealkylation sites (tertiary alicyclic amines) is 1. The van der Waals surface area contributed by atoms with Gasteiger partial charge in [-0.25, -0.2) is 0 Å². The number of aryl methyl sites for hydroxylation is 1. The third-order valence-electron chi connectivity index (χ3n) is 3.49. The summed E-state index contributed by atoms with van der Waals surface area (Å²) in [5, 5.41) is 9.12. The largest absolute Gasteiger partial charge is 0.418 e. The van der Waals surface area contributed by atoms with E-state index in [9.17, 15) is 13.2 Å². The van der Waals surface area contributed by atoms with Gasteiger partial charge in [0.05, 0.1) is 0 Å². The van der Waals surface area contributed by atoms with E-state index in [0.717, 1.165) is 26.1 Å². The van der Waals surface area contributed by atoms with E-state index in [4.69, 9.17) is 5.11 Å². The molecule has 1 atom stereocenters. The van der Waals surface area contributed by atoms with Crippen LogP contribution in [-0.4, -0.2) is 40.4 Å². The van der Waals surface area contributed by atoms with Crippen LogP contribution in [0.5, 0.6) is 0 Å². The lowest BCUT2D eigenvalue weighted by Gasteiger charge is -2.14. The maximum atomic E-state index is 12.3. The first-order chi connectivity index (χ1) is 8.97. The number of rotatable bonds is 5. The van der Waals surface area contributed by atoms with Crippen LogP contribution in [-0.2, 0) is 6.54 Å². The van der Waals surface area contributed by atoms with E-state index in [1.165, 1.54) is 25.1 Å². The molecule has 0 bridgehead atoms. The molecule has 1 aromatic rings. The molecule has 1 fully saturated rings. The molecule has 1 saturated heterocycles. The zero-order valence-electron chi connectivity index (χ0n) is 10.7. The van der Waals surface area contributed by atoms with Crippen LogP contribution in [0.3, 0.4) is 0 Å². The number of aromatic nitrogens is 1. The Morgan fingerprint density at radius 3 is 2.53 bits per heavy atom. The first-order valence-electron chi connectivity index (χ1n) is 6.59. The first kappa shape index (κ1) is 14.4. The highest BCUT2D eigenvalue weighted by Gasteiger charge is 2.39. The fourth-order valence-corrected chi connectivity index (χ4v) is 2.43. The van der Waals surface area contributed by atoms with Crippen LogP contribution in [0.1, 0.15) is 30.9 Å². The summed E-state index contributed by atoms with van der Waals surface area (Å²) in [7, 11) is 0. The molecule has 0 radical (unpaired) electrons. The van der Waals surface area contributed by atoms with Gasteiger partial charge in [-0.2, -0.15) is 13.2 Å². The Kier molecular flexibility index (Phi) is 4.52. The topological polar surface area (TPSA) is 28.4 Å². The first-order valence-corrected chi connectivity index (χ1v) is 6.59. The highest BCUT2D eigenvalue weighted by Crippen LogP contribution is 2.32. The lowest BCUT2D eigenvalue weighted by molar-refractivity contribution is -0.206. The van der Waals surface area contributed by atoms with Crippen molar-refractivity contribution in [3.05, 3.63) is 24.0 Å². The van der Waals surface area contributed by atoms with Gasteiger partial charge in [0, 0.05) is 24.5 Å². The minimum Gasteiger partial charge on any atom is -0.379 e. The Balaban J connectivity index is 1.80. The lowest BCUT2D eigenvalue weighted by Crippen LogP contribution is -2.21. The monoisotopic (exact) mass is 276 g/mol. The van der Waals surface area contributed by atoms with Crippen molar-refractivity contribution in [2.45, 2.75) is 38.1 Å². The van der Waals surface area contributed by atoms with Gasteiger partial charge in [-0.1, -0.05) is 0 Å². The molecule has 0 saturated carbocycles. The maximum Gasteiger partial charge on any atom is 0.418 e. The Hall–Kier alpha value is -1.01. The van der Waals surface area contributed by atoms with Gasteiger partial charge in [0.25, 0.3) is 0 Å². The normalized spacial score (nSPS) is 18.9. The van der Waals surface area contributed by atoms with Crippen LogP contribution in [0, 0.1) is 0 Å². The summed E-state index contributed by atoms with van der Waals surface area (Å²) in [5.41, 5.74) is -0.0892. The molecule has 108 valence electrons. The van der Waals surface area contributed by atoms with E-state index in [0.29, 0.717) is 6.54 Å². The van der Waals surface area contributed by atoms with Crippen molar-refractivity contribution >= 4 is 0 Å². The van der Waals surface area contributed by atoms with Crippen molar-refractivity contribution in [2.75, 3.05) is 19.6 Å². The average Bonchev–Trinajstić information content (AvgIpc) is 2.97. The zero-order chi connectivity index (χ0) is 13.9. The van der Waals surface area contributed by atoms with Gasteiger partial charge in [-0.3, -0.25) is 0 Å². The van der Waals surface area contributed by atoms with Gasteiger partial charge in [0.15, 0.2) is 6.10 Å². The summed E-state index contributed by atoms with van der Waals surface area (Å²) in [4.78, 5) is 2.37. The van der Waals surface area contributed by atoms with Gasteiger partial charge in [-0.15, -0.1) is 0 Å². The van der Waals surface area contributed by atoms with Gasteiger partial charge in [0.2, 0.25) is 0 Å². The van der Waals surface area contributed by atoms with E-state index in [1.54, 1.807) is 10.8 Å². The Morgan fingerprint density at radius 1 is 1.21 bits per heavy atom. The summed E-state index contributed by atoms with van der Waals surface area (Å²) in [6, 6.07) is 1.33. The van der Waals surface area contributed by atoms with Crippen LogP contribution in [0.4, 0.5) is 13.2 Å². The third-order valence-corrected chi connectivity index (χ3v) is 3.49. The minimum atomic E-state index is -4.60. The molecule has 1 aliphatic rings. The van der Waals surface area contributed by atoms with E-state index in [1.807, 2.05) is 0 Å². The van der Waals surface area contributed by atoms with E-state index < -0.39 is 12.3 Å². The molecular weight excluding hydrogens is 257 g/mol.